The molecule has 1 aliphatic rings. The third-order valence-electron chi connectivity index (χ3n) is 4.20. The van der Waals surface area contributed by atoms with Crippen molar-refractivity contribution in [2.45, 2.75) is 6.04 Å². The Hall–Kier alpha value is -2.08. The lowest BCUT2D eigenvalue weighted by molar-refractivity contribution is -0.123. The summed E-state index contributed by atoms with van der Waals surface area (Å²) in [5, 5.41) is 3.65. The van der Waals surface area contributed by atoms with Crippen molar-refractivity contribution >= 4 is 23.2 Å². The van der Waals surface area contributed by atoms with Crippen molar-refractivity contribution in [3.8, 4) is 5.75 Å². The lowest BCUT2D eigenvalue weighted by Gasteiger charge is -2.33. The molecule has 5 nitrogen and oxygen atoms in total. The van der Waals surface area contributed by atoms with Crippen LogP contribution in [0.5, 0.6) is 5.75 Å². The van der Waals surface area contributed by atoms with Gasteiger partial charge in [-0.1, -0.05) is 23.7 Å². The highest BCUT2D eigenvalue weighted by Gasteiger charge is 2.29. The number of nitrogens with zero attached hydrogens (tertiary/aromatic N) is 1. The lowest BCUT2D eigenvalue weighted by Crippen LogP contribution is -2.43. The summed E-state index contributed by atoms with van der Waals surface area (Å²) in [5.74, 6) is 0.676. The average Bonchev–Trinajstić information content (AvgIpc) is 2.65. The van der Waals surface area contributed by atoms with Crippen LogP contribution < -0.4 is 10.1 Å². The summed E-state index contributed by atoms with van der Waals surface area (Å²) in [7, 11) is 1.61. The van der Waals surface area contributed by atoms with E-state index >= 15 is 0 Å². The molecule has 132 valence electrons. The summed E-state index contributed by atoms with van der Waals surface area (Å²) in [6.07, 6.45) is 0. The predicted molar refractivity (Wildman–Crippen MR) is 98.2 cm³/mol. The van der Waals surface area contributed by atoms with Crippen LogP contribution in [0.3, 0.4) is 0 Å². The number of amides is 1. The molecule has 3 rings (SSSR count). The first-order chi connectivity index (χ1) is 12.2. The normalized spacial score (nSPS) is 16.2. The molecule has 6 heteroatoms. The molecule has 0 bridgehead atoms. The predicted octanol–water partition coefficient (Wildman–Crippen LogP) is 3.36. The van der Waals surface area contributed by atoms with E-state index in [0.717, 1.165) is 17.0 Å². The Kier molecular flexibility index (Phi) is 5.91. The Morgan fingerprint density at radius 1 is 1.12 bits per heavy atom. The van der Waals surface area contributed by atoms with Crippen LogP contribution in [0.25, 0.3) is 0 Å². The fraction of sp³-hybridized carbons (Fsp3) is 0.316. The number of methoxy groups -OCH3 is 1. The van der Waals surface area contributed by atoms with E-state index in [0.29, 0.717) is 31.3 Å². The van der Waals surface area contributed by atoms with Crippen LogP contribution in [-0.4, -0.2) is 44.2 Å². The molecule has 0 aromatic heterocycles. The van der Waals surface area contributed by atoms with Crippen LogP contribution in [0.15, 0.2) is 48.5 Å². The van der Waals surface area contributed by atoms with Gasteiger partial charge in [-0.15, -0.1) is 0 Å². The topological polar surface area (TPSA) is 50.8 Å². The Balaban J connectivity index is 1.81. The molecule has 1 atom stereocenters. The molecule has 1 aliphatic heterocycles. The maximum Gasteiger partial charge on any atom is 0.246 e. The van der Waals surface area contributed by atoms with Gasteiger partial charge in [0.1, 0.15) is 11.8 Å². The summed E-state index contributed by atoms with van der Waals surface area (Å²) in [4.78, 5) is 15.1. The highest BCUT2D eigenvalue weighted by Crippen LogP contribution is 2.26. The number of morpholine rings is 1. The first-order valence-corrected chi connectivity index (χ1v) is 8.57. The molecule has 1 unspecified atom stereocenters. The monoisotopic (exact) mass is 360 g/mol. The van der Waals surface area contributed by atoms with Crippen molar-refractivity contribution in [3.63, 3.8) is 0 Å². The Labute approximate surface area is 152 Å². The Morgan fingerprint density at radius 3 is 2.36 bits per heavy atom. The van der Waals surface area contributed by atoms with E-state index in [2.05, 4.69) is 10.2 Å². The average molecular weight is 361 g/mol. The van der Waals surface area contributed by atoms with Gasteiger partial charge in [0.2, 0.25) is 5.91 Å². The smallest absolute Gasteiger partial charge is 0.246 e. The van der Waals surface area contributed by atoms with Gasteiger partial charge in [-0.2, -0.15) is 0 Å². The molecule has 2 aromatic rings. The molecule has 1 amide bonds. The summed E-state index contributed by atoms with van der Waals surface area (Å²) < 4.78 is 10.6. The van der Waals surface area contributed by atoms with E-state index in [1.54, 1.807) is 7.11 Å². The first-order valence-electron chi connectivity index (χ1n) is 8.19. The molecule has 25 heavy (non-hydrogen) atoms. The Bertz CT molecular complexity index is 698. The highest BCUT2D eigenvalue weighted by atomic mass is 35.5. The van der Waals surface area contributed by atoms with Gasteiger partial charge in [-0.25, -0.2) is 0 Å². The summed E-state index contributed by atoms with van der Waals surface area (Å²) in [5.41, 5.74) is 1.65. The lowest BCUT2D eigenvalue weighted by atomic mass is 10.0. The second-order valence-electron chi connectivity index (χ2n) is 5.82. The van der Waals surface area contributed by atoms with Crippen LogP contribution in [0.4, 0.5) is 5.69 Å². The van der Waals surface area contributed by atoms with E-state index in [4.69, 9.17) is 21.1 Å². The summed E-state index contributed by atoms with van der Waals surface area (Å²) in [6.45, 7) is 2.67. The zero-order valence-corrected chi connectivity index (χ0v) is 14.8. The van der Waals surface area contributed by atoms with E-state index in [-0.39, 0.29) is 11.9 Å². The Morgan fingerprint density at radius 2 is 1.76 bits per heavy atom. The van der Waals surface area contributed by atoms with Crippen molar-refractivity contribution in [1.29, 1.82) is 0 Å². The maximum absolute atomic E-state index is 13.0. The minimum atomic E-state index is -0.386. The van der Waals surface area contributed by atoms with Gasteiger partial charge < -0.3 is 14.8 Å². The number of rotatable bonds is 5. The van der Waals surface area contributed by atoms with Crippen LogP contribution in [0.1, 0.15) is 11.6 Å². The summed E-state index contributed by atoms with van der Waals surface area (Å²) in [6, 6.07) is 14.3. The summed E-state index contributed by atoms with van der Waals surface area (Å²) >= 11 is 5.99. The molecule has 0 spiro atoms. The molecule has 0 aliphatic carbocycles. The molecular weight excluding hydrogens is 340 g/mol. The first kappa shape index (κ1) is 17.7. The van der Waals surface area contributed by atoms with Crippen molar-refractivity contribution in [2.24, 2.45) is 0 Å². The second-order valence-corrected chi connectivity index (χ2v) is 6.26. The molecule has 1 saturated heterocycles. The molecule has 1 heterocycles. The number of nitrogens with one attached hydrogen (secondary N) is 1. The molecule has 1 N–H and O–H groups in total. The van der Waals surface area contributed by atoms with Crippen molar-refractivity contribution in [1.82, 2.24) is 4.90 Å². The van der Waals surface area contributed by atoms with Crippen LogP contribution in [0, 0.1) is 0 Å². The van der Waals surface area contributed by atoms with E-state index < -0.39 is 0 Å². The quantitative estimate of drug-likeness (QED) is 0.888. The van der Waals surface area contributed by atoms with Gasteiger partial charge in [0.25, 0.3) is 0 Å². The number of halogens is 1. The van der Waals surface area contributed by atoms with E-state index in [1.165, 1.54) is 0 Å². The number of carbonyl (C=O) groups excluding carboxylic acids is 1. The van der Waals surface area contributed by atoms with Gasteiger partial charge in [-0.05, 0) is 42.0 Å². The van der Waals surface area contributed by atoms with Gasteiger partial charge >= 0.3 is 0 Å². The van der Waals surface area contributed by atoms with E-state index in [1.807, 2.05) is 48.5 Å². The van der Waals surface area contributed by atoms with Crippen LogP contribution >= 0.6 is 11.6 Å². The van der Waals surface area contributed by atoms with Gasteiger partial charge in [0.05, 0.1) is 20.3 Å². The maximum atomic E-state index is 13.0. The van der Waals surface area contributed by atoms with Gasteiger partial charge in [0.15, 0.2) is 0 Å². The SMILES string of the molecule is COc1ccc(NC(=O)C(c2ccc(Cl)cc2)N2CCOCC2)cc1. The van der Waals surface area contributed by atoms with Crippen LogP contribution in [-0.2, 0) is 9.53 Å². The zero-order valence-electron chi connectivity index (χ0n) is 14.1. The third-order valence-corrected chi connectivity index (χ3v) is 4.45. The molecular formula is C19H21ClN2O3. The molecule has 1 fully saturated rings. The zero-order chi connectivity index (χ0) is 17.6. The minimum absolute atomic E-state index is 0.0746. The van der Waals surface area contributed by atoms with Gasteiger partial charge in [-0.3, -0.25) is 9.69 Å². The second kappa shape index (κ2) is 8.34. The number of hydrogen-bond donors (Lipinski definition) is 1. The number of anilines is 1. The molecule has 2 aromatic carbocycles. The fourth-order valence-electron chi connectivity index (χ4n) is 2.89. The largest absolute Gasteiger partial charge is 0.497 e. The third kappa shape index (κ3) is 4.51. The number of hydrogen-bond acceptors (Lipinski definition) is 4. The standard InChI is InChI=1S/C19H21ClN2O3/c1-24-17-8-6-16(7-9-17)21-19(23)18(22-10-12-25-13-11-22)14-2-4-15(20)5-3-14/h2-9,18H,10-13H2,1H3,(H,21,23). The number of benzene rings is 2. The number of ether oxygens (including phenoxy) is 2. The van der Waals surface area contributed by atoms with Crippen molar-refractivity contribution in [3.05, 3.63) is 59.1 Å². The minimum Gasteiger partial charge on any atom is -0.497 e. The molecule has 0 radical (unpaired) electrons. The number of carbonyl (C=O) groups is 1. The van der Waals surface area contributed by atoms with Gasteiger partial charge in [0, 0.05) is 23.8 Å². The van der Waals surface area contributed by atoms with E-state index in [9.17, 15) is 4.79 Å². The van der Waals surface area contributed by atoms with Crippen molar-refractivity contribution < 1.29 is 14.3 Å². The molecule has 0 saturated carbocycles. The highest BCUT2D eigenvalue weighted by molar-refractivity contribution is 6.30. The fourth-order valence-corrected chi connectivity index (χ4v) is 3.02. The van der Waals surface area contributed by atoms with Crippen LogP contribution in [0.2, 0.25) is 5.02 Å². The van der Waals surface area contributed by atoms with Crippen molar-refractivity contribution in [2.75, 3.05) is 38.7 Å².